The van der Waals surface area contributed by atoms with Crippen LogP contribution < -0.4 is 10.1 Å². The van der Waals surface area contributed by atoms with Crippen molar-refractivity contribution in [2.45, 2.75) is 26.2 Å². The normalized spacial score (nSPS) is 16.6. The van der Waals surface area contributed by atoms with Crippen molar-refractivity contribution in [1.29, 1.82) is 0 Å². The van der Waals surface area contributed by atoms with Gasteiger partial charge in [0.05, 0.1) is 7.11 Å². The third kappa shape index (κ3) is 3.44. The van der Waals surface area contributed by atoms with E-state index in [4.69, 9.17) is 4.74 Å². The van der Waals surface area contributed by atoms with E-state index in [0.717, 1.165) is 44.7 Å². The summed E-state index contributed by atoms with van der Waals surface area (Å²) < 4.78 is 5.24. The van der Waals surface area contributed by atoms with Crippen molar-refractivity contribution < 1.29 is 9.84 Å². The van der Waals surface area contributed by atoms with Crippen LogP contribution in [0.3, 0.4) is 0 Å². The van der Waals surface area contributed by atoms with Crippen molar-refractivity contribution in [3.05, 3.63) is 23.3 Å². The van der Waals surface area contributed by atoms with E-state index in [1.165, 1.54) is 5.56 Å². The van der Waals surface area contributed by atoms with Crippen LogP contribution >= 0.6 is 0 Å². The average Bonchev–Trinajstić information content (AvgIpc) is 2.46. The van der Waals surface area contributed by atoms with E-state index < -0.39 is 0 Å². The number of aromatic hydroxyl groups is 1. The molecule has 1 aromatic rings. The Balaban J connectivity index is 2.14. The minimum atomic E-state index is 0.314. The van der Waals surface area contributed by atoms with Crippen molar-refractivity contribution >= 4 is 0 Å². The second-order valence-electron chi connectivity index (χ2n) is 5.68. The van der Waals surface area contributed by atoms with E-state index in [9.17, 15) is 5.11 Å². The lowest BCUT2D eigenvalue weighted by molar-refractivity contribution is 0.242. The monoisotopic (exact) mass is 278 g/mol. The van der Waals surface area contributed by atoms with Gasteiger partial charge in [-0.2, -0.15) is 0 Å². The van der Waals surface area contributed by atoms with Crippen molar-refractivity contribution in [2.75, 3.05) is 39.8 Å². The summed E-state index contributed by atoms with van der Waals surface area (Å²) in [7, 11) is 1.60. The van der Waals surface area contributed by atoms with Crippen LogP contribution in [0.4, 0.5) is 0 Å². The molecule has 0 bridgehead atoms. The molecule has 1 aliphatic rings. The predicted molar refractivity (Wildman–Crippen MR) is 81.8 cm³/mol. The number of hydrogen-bond donors (Lipinski definition) is 2. The Morgan fingerprint density at radius 3 is 2.60 bits per heavy atom. The molecule has 0 aromatic heterocycles. The van der Waals surface area contributed by atoms with Gasteiger partial charge in [0, 0.05) is 38.3 Å². The van der Waals surface area contributed by atoms with Gasteiger partial charge in [-0.3, -0.25) is 0 Å². The molecule has 20 heavy (non-hydrogen) atoms. The van der Waals surface area contributed by atoms with Crippen LogP contribution in [0.1, 0.15) is 30.9 Å². The number of phenols is 1. The van der Waals surface area contributed by atoms with E-state index in [0.29, 0.717) is 17.4 Å². The molecule has 4 heteroatoms. The number of piperazine rings is 1. The summed E-state index contributed by atoms with van der Waals surface area (Å²) in [6.45, 7) is 9.60. The number of phenolic OH excluding ortho intramolecular Hbond substituents is 1. The topological polar surface area (TPSA) is 44.7 Å². The highest BCUT2D eigenvalue weighted by Gasteiger charge is 2.17. The summed E-state index contributed by atoms with van der Waals surface area (Å²) in [6.07, 6.45) is 0.872. The van der Waals surface area contributed by atoms with Gasteiger partial charge in [-0.25, -0.2) is 0 Å². The highest BCUT2D eigenvalue weighted by Crippen LogP contribution is 2.35. The third-order valence-electron chi connectivity index (χ3n) is 4.01. The lowest BCUT2D eigenvalue weighted by atomic mass is 9.94. The first-order valence-corrected chi connectivity index (χ1v) is 7.45. The zero-order valence-corrected chi connectivity index (χ0v) is 12.8. The third-order valence-corrected chi connectivity index (χ3v) is 4.01. The molecule has 0 spiro atoms. The fraction of sp³-hybridized carbons (Fsp3) is 0.625. The van der Waals surface area contributed by atoms with Gasteiger partial charge >= 0.3 is 0 Å². The minimum absolute atomic E-state index is 0.314. The highest BCUT2D eigenvalue weighted by molar-refractivity contribution is 5.50. The lowest BCUT2D eigenvalue weighted by Crippen LogP contribution is -2.44. The molecule has 0 atom stereocenters. The number of ether oxygens (including phenoxy) is 1. The Morgan fingerprint density at radius 1 is 1.30 bits per heavy atom. The minimum Gasteiger partial charge on any atom is -0.504 e. The maximum absolute atomic E-state index is 10.4. The molecule has 1 aliphatic heterocycles. The number of nitrogens with one attached hydrogen (secondary N) is 1. The molecule has 1 saturated heterocycles. The summed E-state index contributed by atoms with van der Waals surface area (Å²) in [5.74, 6) is 1.29. The predicted octanol–water partition coefficient (Wildman–Crippen LogP) is 1.97. The number of nitrogens with zero attached hydrogens (tertiary/aromatic N) is 1. The SMILES string of the molecule is COc1ccc(C(C)C)c(CCN2CCNCC2)c1O. The van der Waals surface area contributed by atoms with E-state index in [2.05, 4.69) is 30.1 Å². The molecule has 0 radical (unpaired) electrons. The first-order valence-electron chi connectivity index (χ1n) is 7.45. The molecular formula is C16H26N2O2. The first-order chi connectivity index (χ1) is 9.63. The van der Waals surface area contributed by atoms with Crippen LogP contribution in [0.5, 0.6) is 11.5 Å². The fourth-order valence-corrected chi connectivity index (χ4v) is 2.80. The summed E-state index contributed by atoms with van der Waals surface area (Å²) in [5, 5.41) is 13.8. The Hall–Kier alpha value is -1.26. The standard InChI is InChI=1S/C16H26N2O2/c1-12(2)13-4-5-15(20-3)16(19)14(13)6-9-18-10-7-17-8-11-18/h4-5,12,17,19H,6-11H2,1-3H3. The van der Waals surface area contributed by atoms with Crippen molar-refractivity contribution in [3.8, 4) is 11.5 Å². The number of hydrogen-bond acceptors (Lipinski definition) is 4. The van der Waals surface area contributed by atoms with E-state index >= 15 is 0 Å². The molecule has 2 N–H and O–H groups in total. The zero-order chi connectivity index (χ0) is 14.5. The second kappa shape index (κ2) is 6.95. The first kappa shape index (κ1) is 15.1. The van der Waals surface area contributed by atoms with E-state index in [-0.39, 0.29) is 0 Å². The number of methoxy groups -OCH3 is 1. The van der Waals surface area contributed by atoms with Gasteiger partial charge in [-0.05, 0) is 24.0 Å². The van der Waals surface area contributed by atoms with Crippen LogP contribution in [0, 0.1) is 0 Å². The molecule has 1 aromatic carbocycles. The van der Waals surface area contributed by atoms with Gasteiger partial charge in [0.1, 0.15) is 0 Å². The van der Waals surface area contributed by atoms with Crippen LogP contribution in [0.15, 0.2) is 12.1 Å². The van der Waals surface area contributed by atoms with Crippen molar-refractivity contribution in [3.63, 3.8) is 0 Å². The van der Waals surface area contributed by atoms with Gasteiger partial charge in [-0.1, -0.05) is 19.9 Å². The Kier molecular flexibility index (Phi) is 5.26. The van der Waals surface area contributed by atoms with Gasteiger partial charge < -0.3 is 20.1 Å². The lowest BCUT2D eigenvalue weighted by Gasteiger charge is -2.28. The molecule has 2 rings (SSSR count). The quantitative estimate of drug-likeness (QED) is 0.864. The van der Waals surface area contributed by atoms with Crippen LogP contribution in [-0.4, -0.2) is 49.8 Å². The zero-order valence-electron chi connectivity index (χ0n) is 12.8. The molecule has 1 fully saturated rings. The molecule has 0 aliphatic carbocycles. The fourth-order valence-electron chi connectivity index (χ4n) is 2.80. The van der Waals surface area contributed by atoms with Gasteiger partial charge in [0.25, 0.3) is 0 Å². The van der Waals surface area contributed by atoms with Gasteiger partial charge in [-0.15, -0.1) is 0 Å². The molecule has 0 amide bonds. The van der Waals surface area contributed by atoms with Gasteiger partial charge in [0.2, 0.25) is 0 Å². The van der Waals surface area contributed by atoms with Crippen molar-refractivity contribution in [2.24, 2.45) is 0 Å². The molecule has 4 nitrogen and oxygen atoms in total. The summed E-state index contributed by atoms with van der Waals surface area (Å²) in [6, 6.07) is 3.94. The molecular weight excluding hydrogens is 252 g/mol. The number of benzene rings is 1. The Labute approximate surface area is 121 Å². The molecule has 0 unspecified atom stereocenters. The maximum Gasteiger partial charge on any atom is 0.161 e. The molecule has 112 valence electrons. The van der Waals surface area contributed by atoms with Crippen molar-refractivity contribution in [1.82, 2.24) is 10.2 Å². The summed E-state index contributed by atoms with van der Waals surface area (Å²) >= 11 is 0. The smallest absolute Gasteiger partial charge is 0.161 e. The largest absolute Gasteiger partial charge is 0.504 e. The summed E-state index contributed by atoms with van der Waals surface area (Å²) in [5.41, 5.74) is 2.26. The van der Waals surface area contributed by atoms with E-state index in [1.807, 2.05) is 6.07 Å². The van der Waals surface area contributed by atoms with Crippen LogP contribution in [0.25, 0.3) is 0 Å². The summed E-state index contributed by atoms with van der Waals surface area (Å²) in [4.78, 5) is 2.44. The Morgan fingerprint density at radius 2 is 2.00 bits per heavy atom. The van der Waals surface area contributed by atoms with Gasteiger partial charge in [0.15, 0.2) is 11.5 Å². The average molecular weight is 278 g/mol. The highest BCUT2D eigenvalue weighted by atomic mass is 16.5. The number of rotatable bonds is 5. The Bertz CT molecular complexity index is 440. The maximum atomic E-state index is 10.4. The van der Waals surface area contributed by atoms with Crippen LogP contribution in [-0.2, 0) is 6.42 Å². The second-order valence-corrected chi connectivity index (χ2v) is 5.68. The molecule has 0 saturated carbocycles. The van der Waals surface area contributed by atoms with Crippen LogP contribution in [0.2, 0.25) is 0 Å². The van der Waals surface area contributed by atoms with E-state index in [1.54, 1.807) is 7.11 Å². The molecule has 1 heterocycles.